The van der Waals surface area contributed by atoms with Crippen molar-refractivity contribution in [3.8, 4) is 0 Å². The Hall–Kier alpha value is -1.34. The molecule has 0 bridgehead atoms. The topological polar surface area (TPSA) is 102 Å². The summed E-state index contributed by atoms with van der Waals surface area (Å²) in [6, 6.07) is 0.307. The van der Waals surface area contributed by atoms with Gasteiger partial charge < -0.3 is 25.7 Å². The van der Waals surface area contributed by atoms with Crippen molar-refractivity contribution >= 4 is 12.0 Å². The van der Waals surface area contributed by atoms with E-state index in [1.807, 2.05) is 0 Å². The average Bonchev–Trinajstić information content (AvgIpc) is 2.83. The number of carbonyl (C=O) groups is 2. The molecule has 2 unspecified atom stereocenters. The zero-order valence-electron chi connectivity index (χ0n) is 10.8. The number of urea groups is 1. The van der Waals surface area contributed by atoms with Gasteiger partial charge in [-0.25, -0.2) is 9.59 Å². The van der Waals surface area contributed by atoms with Crippen LogP contribution in [0, 0.1) is 0 Å². The fraction of sp³-hybridized carbons (Fsp3) is 0.833. The lowest BCUT2D eigenvalue weighted by molar-refractivity contribution is -0.146. The first kappa shape index (κ1) is 14.1. The largest absolute Gasteiger partial charge is 0.479 e. The number of hydrogen-bond donors (Lipinski definition) is 4. The van der Waals surface area contributed by atoms with E-state index in [0.717, 1.165) is 25.9 Å². The molecular formula is C12H21N3O4. The first-order chi connectivity index (χ1) is 9.06. The SMILES string of the molecule is O=C(NC[C@H](O)C(=O)O)NC1CCN2CCCC2C1. The Balaban J connectivity index is 1.69. The maximum absolute atomic E-state index is 11.6. The zero-order chi connectivity index (χ0) is 13.8. The van der Waals surface area contributed by atoms with E-state index >= 15 is 0 Å². The van der Waals surface area contributed by atoms with Gasteiger partial charge in [-0.05, 0) is 32.2 Å². The monoisotopic (exact) mass is 271 g/mol. The molecule has 0 radical (unpaired) electrons. The van der Waals surface area contributed by atoms with Crippen LogP contribution in [0.4, 0.5) is 4.79 Å². The lowest BCUT2D eigenvalue weighted by Gasteiger charge is -2.35. The molecule has 2 heterocycles. The van der Waals surface area contributed by atoms with E-state index in [1.165, 1.54) is 12.8 Å². The van der Waals surface area contributed by atoms with Gasteiger partial charge in [-0.15, -0.1) is 0 Å². The molecule has 108 valence electrons. The molecule has 0 saturated carbocycles. The second-order valence-corrected chi connectivity index (χ2v) is 5.26. The molecule has 3 atom stereocenters. The number of carboxylic acid groups (broad SMARTS) is 1. The minimum atomic E-state index is -1.55. The lowest BCUT2D eigenvalue weighted by atomic mass is 9.98. The molecule has 2 saturated heterocycles. The van der Waals surface area contributed by atoms with Gasteiger partial charge in [-0.1, -0.05) is 0 Å². The maximum atomic E-state index is 11.6. The standard InChI is InChI=1S/C12H21N3O4/c16-10(11(17)18)7-13-12(19)14-8-3-5-15-4-1-2-9(15)6-8/h8-10,16H,1-7H2,(H,17,18)(H2,13,14,19)/t8?,9?,10-/m0/s1. The van der Waals surface area contributed by atoms with Crippen LogP contribution in [0.1, 0.15) is 25.7 Å². The highest BCUT2D eigenvalue weighted by Gasteiger charge is 2.32. The molecule has 2 fully saturated rings. The highest BCUT2D eigenvalue weighted by molar-refractivity contribution is 5.76. The summed E-state index contributed by atoms with van der Waals surface area (Å²) in [5.74, 6) is -1.33. The second kappa shape index (κ2) is 6.21. The van der Waals surface area contributed by atoms with Gasteiger partial charge in [0.25, 0.3) is 0 Å². The number of carboxylic acids is 1. The number of aliphatic carboxylic acids is 1. The van der Waals surface area contributed by atoms with E-state index in [4.69, 9.17) is 10.2 Å². The number of nitrogens with zero attached hydrogens (tertiary/aromatic N) is 1. The van der Waals surface area contributed by atoms with Crippen molar-refractivity contribution in [1.29, 1.82) is 0 Å². The van der Waals surface area contributed by atoms with Crippen LogP contribution in [0.25, 0.3) is 0 Å². The van der Waals surface area contributed by atoms with Crippen molar-refractivity contribution in [2.24, 2.45) is 0 Å². The first-order valence-corrected chi connectivity index (χ1v) is 6.75. The summed E-state index contributed by atoms with van der Waals surface area (Å²) >= 11 is 0. The number of fused-ring (bicyclic) bond motifs is 1. The van der Waals surface area contributed by atoms with Crippen molar-refractivity contribution in [3.63, 3.8) is 0 Å². The molecule has 2 aliphatic rings. The molecule has 0 aromatic heterocycles. The van der Waals surface area contributed by atoms with Crippen LogP contribution in [0.2, 0.25) is 0 Å². The summed E-state index contributed by atoms with van der Waals surface area (Å²) in [6.45, 7) is 1.89. The molecular weight excluding hydrogens is 250 g/mol. The number of aliphatic hydroxyl groups excluding tert-OH is 1. The Bertz CT molecular complexity index is 350. The molecule has 0 aromatic rings. The van der Waals surface area contributed by atoms with Crippen molar-refractivity contribution in [2.75, 3.05) is 19.6 Å². The van der Waals surface area contributed by atoms with Crippen molar-refractivity contribution < 1.29 is 19.8 Å². The van der Waals surface area contributed by atoms with Gasteiger partial charge in [0.15, 0.2) is 6.10 Å². The van der Waals surface area contributed by atoms with E-state index < -0.39 is 18.1 Å². The molecule has 2 rings (SSSR count). The lowest BCUT2D eigenvalue weighted by Crippen LogP contribution is -2.51. The number of rotatable bonds is 4. The van der Waals surface area contributed by atoms with Crippen molar-refractivity contribution in [2.45, 2.75) is 43.9 Å². The highest BCUT2D eigenvalue weighted by Crippen LogP contribution is 2.26. The van der Waals surface area contributed by atoms with E-state index in [1.54, 1.807) is 0 Å². The van der Waals surface area contributed by atoms with Gasteiger partial charge in [-0.2, -0.15) is 0 Å². The van der Waals surface area contributed by atoms with Crippen LogP contribution in [0.5, 0.6) is 0 Å². The zero-order valence-corrected chi connectivity index (χ0v) is 10.8. The van der Waals surface area contributed by atoms with Gasteiger partial charge in [-0.3, -0.25) is 0 Å². The molecule has 4 N–H and O–H groups in total. The predicted molar refractivity (Wildman–Crippen MR) is 67.8 cm³/mol. The normalized spacial score (nSPS) is 28.5. The fourth-order valence-electron chi connectivity index (χ4n) is 2.87. The smallest absolute Gasteiger partial charge is 0.334 e. The predicted octanol–water partition coefficient (Wildman–Crippen LogP) is -0.642. The Labute approximate surface area is 112 Å². The summed E-state index contributed by atoms with van der Waals surface area (Å²) in [6.07, 6.45) is 2.74. The van der Waals surface area contributed by atoms with Crippen LogP contribution in [0.3, 0.4) is 0 Å². The number of hydrogen-bond acceptors (Lipinski definition) is 4. The minimum Gasteiger partial charge on any atom is -0.479 e. The molecule has 19 heavy (non-hydrogen) atoms. The van der Waals surface area contributed by atoms with Crippen molar-refractivity contribution in [3.05, 3.63) is 0 Å². The van der Waals surface area contributed by atoms with Crippen LogP contribution in [-0.2, 0) is 4.79 Å². The molecule has 2 aliphatic heterocycles. The molecule has 7 heteroatoms. The Kier molecular flexibility index (Phi) is 4.60. The van der Waals surface area contributed by atoms with E-state index in [-0.39, 0.29) is 12.6 Å². The molecule has 0 spiro atoms. The van der Waals surface area contributed by atoms with E-state index in [9.17, 15) is 9.59 Å². The highest BCUT2D eigenvalue weighted by atomic mass is 16.4. The molecule has 2 amide bonds. The minimum absolute atomic E-state index is 0.140. The Morgan fingerprint density at radius 3 is 2.84 bits per heavy atom. The average molecular weight is 271 g/mol. The fourth-order valence-corrected chi connectivity index (χ4v) is 2.87. The molecule has 7 nitrogen and oxygen atoms in total. The third-order valence-electron chi connectivity index (χ3n) is 3.90. The molecule has 0 aliphatic carbocycles. The number of amides is 2. The van der Waals surface area contributed by atoms with Crippen LogP contribution in [0.15, 0.2) is 0 Å². The summed E-state index contributed by atoms with van der Waals surface area (Å²) in [4.78, 5) is 24.5. The third kappa shape index (κ3) is 3.81. The number of aliphatic hydroxyl groups is 1. The van der Waals surface area contributed by atoms with Crippen LogP contribution in [-0.4, -0.2) is 64.9 Å². The Morgan fingerprint density at radius 2 is 2.11 bits per heavy atom. The summed E-state index contributed by atoms with van der Waals surface area (Å²) < 4.78 is 0. The van der Waals surface area contributed by atoms with Crippen molar-refractivity contribution in [1.82, 2.24) is 15.5 Å². The summed E-state index contributed by atoms with van der Waals surface area (Å²) in [5.41, 5.74) is 0. The van der Waals surface area contributed by atoms with Crippen LogP contribution >= 0.6 is 0 Å². The van der Waals surface area contributed by atoms with Gasteiger partial charge in [0.05, 0.1) is 6.54 Å². The maximum Gasteiger partial charge on any atom is 0.334 e. The summed E-state index contributed by atoms with van der Waals surface area (Å²) in [7, 11) is 0. The summed E-state index contributed by atoms with van der Waals surface area (Å²) in [5, 5.41) is 22.8. The number of piperidine rings is 1. The van der Waals surface area contributed by atoms with Gasteiger partial charge in [0, 0.05) is 18.6 Å². The number of nitrogens with one attached hydrogen (secondary N) is 2. The van der Waals surface area contributed by atoms with Gasteiger partial charge in [0.2, 0.25) is 0 Å². The Morgan fingerprint density at radius 1 is 1.32 bits per heavy atom. The second-order valence-electron chi connectivity index (χ2n) is 5.26. The van der Waals surface area contributed by atoms with E-state index in [0.29, 0.717) is 6.04 Å². The molecule has 0 aromatic carbocycles. The first-order valence-electron chi connectivity index (χ1n) is 6.75. The number of carbonyl (C=O) groups excluding carboxylic acids is 1. The quantitative estimate of drug-likeness (QED) is 0.544. The van der Waals surface area contributed by atoms with Crippen LogP contribution < -0.4 is 10.6 Å². The third-order valence-corrected chi connectivity index (χ3v) is 3.90. The van der Waals surface area contributed by atoms with Gasteiger partial charge >= 0.3 is 12.0 Å². The van der Waals surface area contributed by atoms with E-state index in [2.05, 4.69) is 15.5 Å². The van der Waals surface area contributed by atoms with Gasteiger partial charge in [0.1, 0.15) is 0 Å².